The summed E-state index contributed by atoms with van der Waals surface area (Å²) in [5.74, 6) is -0.277. The quantitative estimate of drug-likeness (QED) is 0.877. The molecule has 0 aromatic heterocycles. The Morgan fingerprint density at radius 2 is 2.12 bits per heavy atom. The molecule has 0 saturated carbocycles. The molecule has 0 aliphatic carbocycles. The average Bonchev–Trinajstić information content (AvgIpc) is 2.20. The van der Waals surface area contributed by atoms with Crippen LogP contribution < -0.4 is 5.32 Å². The van der Waals surface area contributed by atoms with Crippen LogP contribution in [0.25, 0.3) is 0 Å². The molecule has 0 saturated heterocycles. The van der Waals surface area contributed by atoms with Gasteiger partial charge in [0.15, 0.2) is 0 Å². The van der Waals surface area contributed by atoms with Crippen molar-refractivity contribution in [2.24, 2.45) is 0 Å². The predicted molar refractivity (Wildman–Crippen MR) is 71.6 cm³/mol. The van der Waals surface area contributed by atoms with E-state index >= 15 is 0 Å². The fourth-order valence-electron chi connectivity index (χ4n) is 1.56. The van der Waals surface area contributed by atoms with E-state index in [4.69, 9.17) is 0 Å². The van der Waals surface area contributed by atoms with Gasteiger partial charge in [0.05, 0.1) is 5.60 Å². The van der Waals surface area contributed by atoms with Gasteiger partial charge in [-0.15, -0.1) is 0 Å². The van der Waals surface area contributed by atoms with E-state index in [-0.39, 0.29) is 5.82 Å². The largest absolute Gasteiger partial charge is 0.389 e. The lowest BCUT2D eigenvalue weighted by Gasteiger charge is -2.25. The number of hydrogen-bond donors (Lipinski definition) is 2. The molecule has 0 heterocycles. The van der Waals surface area contributed by atoms with Gasteiger partial charge in [0.1, 0.15) is 5.82 Å². The molecule has 0 aliphatic rings. The molecule has 1 unspecified atom stereocenters. The van der Waals surface area contributed by atoms with Crippen LogP contribution in [0.4, 0.5) is 4.39 Å². The molecule has 0 radical (unpaired) electrons. The molecule has 1 aromatic carbocycles. The van der Waals surface area contributed by atoms with Gasteiger partial charge in [0.25, 0.3) is 0 Å². The van der Waals surface area contributed by atoms with E-state index in [1.165, 1.54) is 12.1 Å². The zero-order valence-electron chi connectivity index (χ0n) is 10.4. The summed E-state index contributed by atoms with van der Waals surface area (Å²) in [4.78, 5) is 0. The highest BCUT2D eigenvalue weighted by molar-refractivity contribution is 9.10. The Kier molecular flexibility index (Phi) is 5.10. The topological polar surface area (TPSA) is 32.3 Å². The maximum Gasteiger partial charge on any atom is 0.124 e. The number of halogens is 2. The third kappa shape index (κ3) is 5.15. The minimum atomic E-state index is -0.843. The van der Waals surface area contributed by atoms with Crippen molar-refractivity contribution in [3.63, 3.8) is 0 Å². The van der Waals surface area contributed by atoms with Gasteiger partial charge < -0.3 is 10.4 Å². The molecule has 0 bridgehead atoms. The molecule has 0 aliphatic heterocycles. The molecular formula is C13H19BrFNO. The zero-order chi connectivity index (χ0) is 13.1. The molecule has 2 N–H and O–H groups in total. The van der Waals surface area contributed by atoms with Gasteiger partial charge in [0, 0.05) is 23.5 Å². The Morgan fingerprint density at radius 1 is 1.47 bits per heavy atom. The van der Waals surface area contributed by atoms with Gasteiger partial charge in [0.2, 0.25) is 0 Å². The first-order valence-electron chi connectivity index (χ1n) is 5.70. The highest BCUT2D eigenvalue weighted by Gasteiger charge is 2.22. The summed E-state index contributed by atoms with van der Waals surface area (Å²) in [5.41, 5.74) is 0.0619. The third-order valence-electron chi connectivity index (χ3n) is 2.48. The Morgan fingerprint density at radius 3 is 2.65 bits per heavy atom. The first kappa shape index (κ1) is 14.6. The summed E-state index contributed by atoms with van der Waals surface area (Å²) >= 11 is 3.31. The number of rotatable bonds is 5. The minimum absolute atomic E-state index is 0.277. The monoisotopic (exact) mass is 303 g/mol. The molecule has 1 atom stereocenters. The number of benzene rings is 1. The van der Waals surface area contributed by atoms with Crippen LogP contribution in [0, 0.1) is 5.82 Å². The summed E-state index contributed by atoms with van der Waals surface area (Å²) in [7, 11) is 0. The third-order valence-corrected chi connectivity index (χ3v) is 3.22. The van der Waals surface area contributed by atoms with Gasteiger partial charge >= 0.3 is 0 Å². The second kappa shape index (κ2) is 5.94. The minimum Gasteiger partial charge on any atom is -0.389 e. The lowest BCUT2D eigenvalue weighted by molar-refractivity contribution is 0.0580. The van der Waals surface area contributed by atoms with Gasteiger partial charge in [-0.3, -0.25) is 0 Å². The highest BCUT2D eigenvalue weighted by Crippen LogP contribution is 2.22. The van der Waals surface area contributed by atoms with E-state index in [1.54, 1.807) is 13.0 Å². The molecule has 4 heteroatoms. The van der Waals surface area contributed by atoms with Gasteiger partial charge in [-0.1, -0.05) is 35.8 Å². The Bertz CT molecular complexity index is 380. The number of aliphatic hydroxyl groups is 1. The maximum absolute atomic E-state index is 12.9. The van der Waals surface area contributed by atoms with Crippen LogP contribution in [0.5, 0.6) is 0 Å². The first-order valence-corrected chi connectivity index (χ1v) is 6.49. The second-order valence-electron chi connectivity index (χ2n) is 4.95. The fraction of sp³-hybridized carbons (Fsp3) is 0.538. The number of hydrogen-bond acceptors (Lipinski definition) is 2. The van der Waals surface area contributed by atoms with Crippen molar-refractivity contribution in [3.05, 3.63) is 34.1 Å². The van der Waals surface area contributed by atoms with Crippen molar-refractivity contribution in [3.8, 4) is 0 Å². The normalized spacial score (nSPS) is 15.0. The number of nitrogens with one attached hydrogen (secondary N) is 1. The molecular weight excluding hydrogens is 285 g/mol. The van der Waals surface area contributed by atoms with Crippen molar-refractivity contribution in [2.75, 3.05) is 6.54 Å². The van der Waals surface area contributed by atoms with Crippen LogP contribution in [0.1, 0.15) is 26.3 Å². The molecule has 0 spiro atoms. The predicted octanol–water partition coefficient (Wildman–Crippen LogP) is 2.88. The Balaban J connectivity index is 2.68. The van der Waals surface area contributed by atoms with E-state index in [2.05, 4.69) is 21.2 Å². The second-order valence-corrected chi connectivity index (χ2v) is 5.80. The summed E-state index contributed by atoms with van der Waals surface area (Å²) in [6, 6.07) is 4.86. The average molecular weight is 304 g/mol. The van der Waals surface area contributed by atoms with Gasteiger partial charge in [-0.05, 0) is 24.6 Å². The van der Waals surface area contributed by atoms with E-state index in [0.29, 0.717) is 23.5 Å². The SMILES string of the molecule is CC(C)NCC(C)(O)Cc1ccc(F)cc1Br. The van der Waals surface area contributed by atoms with E-state index in [1.807, 2.05) is 13.8 Å². The summed E-state index contributed by atoms with van der Waals surface area (Å²) in [6.07, 6.45) is 0.480. The van der Waals surface area contributed by atoms with Crippen molar-refractivity contribution in [2.45, 2.75) is 38.8 Å². The molecule has 17 heavy (non-hydrogen) atoms. The van der Waals surface area contributed by atoms with E-state index < -0.39 is 5.60 Å². The lowest BCUT2D eigenvalue weighted by Crippen LogP contribution is -2.42. The van der Waals surface area contributed by atoms with Crippen LogP contribution >= 0.6 is 15.9 Å². The van der Waals surface area contributed by atoms with Crippen molar-refractivity contribution < 1.29 is 9.50 Å². The lowest BCUT2D eigenvalue weighted by atomic mass is 9.96. The Hall–Kier alpha value is -0.450. The van der Waals surface area contributed by atoms with Crippen LogP contribution in [0.3, 0.4) is 0 Å². The molecule has 2 nitrogen and oxygen atoms in total. The summed E-state index contributed by atoms with van der Waals surface area (Å²) in [5, 5.41) is 13.4. The molecule has 96 valence electrons. The Labute approximate surface area is 110 Å². The maximum atomic E-state index is 12.9. The first-order chi connectivity index (χ1) is 7.80. The van der Waals surface area contributed by atoms with Gasteiger partial charge in [-0.25, -0.2) is 4.39 Å². The fourth-order valence-corrected chi connectivity index (χ4v) is 2.05. The van der Waals surface area contributed by atoms with Crippen LogP contribution in [0.2, 0.25) is 0 Å². The highest BCUT2D eigenvalue weighted by atomic mass is 79.9. The summed E-state index contributed by atoms with van der Waals surface area (Å²) in [6.45, 7) is 6.35. The molecule has 0 amide bonds. The van der Waals surface area contributed by atoms with E-state index in [0.717, 1.165) is 5.56 Å². The van der Waals surface area contributed by atoms with Crippen molar-refractivity contribution >= 4 is 15.9 Å². The van der Waals surface area contributed by atoms with Crippen molar-refractivity contribution in [1.82, 2.24) is 5.32 Å². The molecule has 0 fully saturated rings. The van der Waals surface area contributed by atoms with Crippen LogP contribution in [-0.2, 0) is 6.42 Å². The zero-order valence-corrected chi connectivity index (χ0v) is 12.0. The van der Waals surface area contributed by atoms with Crippen molar-refractivity contribution in [1.29, 1.82) is 0 Å². The standard InChI is InChI=1S/C13H19BrFNO/c1-9(2)16-8-13(3,17)7-10-4-5-11(15)6-12(10)14/h4-6,9,16-17H,7-8H2,1-3H3. The van der Waals surface area contributed by atoms with E-state index in [9.17, 15) is 9.50 Å². The smallest absolute Gasteiger partial charge is 0.124 e. The summed E-state index contributed by atoms with van der Waals surface area (Å²) < 4.78 is 13.6. The van der Waals surface area contributed by atoms with Gasteiger partial charge in [-0.2, -0.15) is 0 Å². The van der Waals surface area contributed by atoms with Crippen LogP contribution in [-0.4, -0.2) is 23.3 Å². The molecule has 1 aromatic rings. The van der Waals surface area contributed by atoms with Crippen LogP contribution in [0.15, 0.2) is 22.7 Å². The molecule has 1 rings (SSSR count).